The van der Waals surface area contributed by atoms with Crippen molar-refractivity contribution in [2.75, 3.05) is 33.4 Å². The highest BCUT2D eigenvalue weighted by atomic mass is 16.5. The molecule has 2 unspecified atom stereocenters. The van der Waals surface area contributed by atoms with Crippen LogP contribution in [0, 0.1) is 5.92 Å². The molecule has 0 aromatic heterocycles. The van der Waals surface area contributed by atoms with E-state index in [-0.39, 0.29) is 0 Å². The topological polar surface area (TPSA) is 38.5 Å². The van der Waals surface area contributed by atoms with Gasteiger partial charge in [-0.1, -0.05) is 6.92 Å². The summed E-state index contributed by atoms with van der Waals surface area (Å²) in [4.78, 5) is 2.44. The van der Waals surface area contributed by atoms with E-state index < -0.39 is 0 Å². The van der Waals surface area contributed by atoms with E-state index in [1.54, 1.807) is 7.11 Å². The van der Waals surface area contributed by atoms with Gasteiger partial charge in [-0.3, -0.25) is 4.90 Å². The fourth-order valence-corrected chi connectivity index (χ4v) is 1.82. The van der Waals surface area contributed by atoms with Gasteiger partial charge in [-0.05, 0) is 18.9 Å². The number of hydrogen-bond donors (Lipinski definition) is 1. The minimum Gasteiger partial charge on any atom is -0.383 e. The number of nitrogens with zero attached hydrogens (tertiary/aromatic N) is 1. The second kappa shape index (κ2) is 4.80. The monoisotopic (exact) mass is 172 g/mol. The van der Waals surface area contributed by atoms with Gasteiger partial charge in [0.15, 0.2) is 0 Å². The Morgan fingerprint density at radius 1 is 1.67 bits per heavy atom. The van der Waals surface area contributed by atoms with Gasteiger partial charge in [-0.2, -0.15) is 0 Å². The second-order valence-corrected chi connectivity index (χ2v) is 3.73. The van der Waals surface area contributed by atoms with Crippen molar-refractivity contribution in [3.05, 3.63) is 0 Å². The molecule has 0 aromatic carbocycles. The highest BCUT2D eigenvalue weighted by molar-refractivity contribution is 4.79. The normalized spacial score (nSPS) is 27.8. The fourth-order valence-electron chi connectivity index (χ4n) is 1.82. The molecule has 0 aromatic rings. The maximum Gasteiger partial charge on any atom is 0.0630 e. The van der Waals surface area contributed by atoms with Crippen LogP contribution in [0.4, 0.5) is 0 Å². The Morgan fingerprint density at radius 3 is 2.83 bits per heavy atom. The van der Waals surface area contributed by atoms with Gasteiger partial charge in [0, 0.05) is 26.2 Å². The van der Waals surface area contributed by atoms with Crippen molar-refractivity contribution in [2.24, 2.45) is 11.7 Å². The van der Waals surface area contributed by atoms with Gasteiger partial charge in [-0.15, -0.1) is 0 Å². The fraction of sp³-hybridized carbons (Fsp3) is 1.00. The number of methoxy groups -OCH3 is 1. The average molecular weight is 172 g/mol. The van der Waals surface area contributed by atoms with Crippen molar-refractivity contribution in [2.45, 2.75) is 19.4 Å². The molecule has 1 aliphatic rings. The van der Waals surface area contributed by atoms with Gasteiger partial charge < -0.3 is 10.5 Å². The minimum atomic E-state index is 0.431. The summed E-state index contributed by atoms with van der Waals surface area (Å²) < 4.78 is 5.12. The SMILES string of the molecule is COCC(CN)N1CCC(C)C1. The summed E-state index contributed by atoms with van der Waals surface area (Å²) >= 11 is 0. The van der Waals surface area contributed by atoms with Gasteiger partial charge in [0.25, 0.3) is 0 Å². The summed E-state index contributed by atoms with van der Waals surface area (Å²) in [6.45, 7) is 6.14. The minimum absolute atomic E-state index is 0.431. The molecular weight excluding hydrogens is 152 g/mol. The predicted molar refractivity (Wildman–Crippen MR) is 50.1 cm³/mol. The molecule has 3 nitrogen and oxygen atoms in total. The lowest BCUT2D eigenvalue weighted by Gasteiger charge is -2.25. The molecule has 1 fully saturated rings. The van der Waals surface area contributed by atoms with Crippen molar-refractivity contribution in [1.29, 1.82) is 0 Å². The van der Waals surface area contributed by atoms with E-state index in [4.69, 9.17) is 10.5 Å². The van der Waals surface area contributed by atoms with E-state index in [0.717, 1.165) is 12.5 Å². The number of ether oxygens (including phenoxy) is 1. The van der Waals surface area contributed by atoms with Crippen LogP contribution in [0.3, 0.4) is 0 Å². The van der Waals surface area contributed by atoms with E-state index in [1.807, 2.05) is 0 Å². The molecule has 1 rings (SSSR count). The highest BCUT2D eigenvalue weighted by Gasteiger charge is 2.24. The number of rotatable bonds is 4. The van der Waals surface area contributed by atoms with Crippen molar-refractivity contribution in [3.63, 3.8) is 0 Å². The Hall–Kier alpha value is -0.120. The maximum absolute atomic E-state index is 5.66. The van der Waals surface area contributed by atoms with Crippen LogP contribution in [0.2, 0.25) is 0 Å². The molecule has 3 heteroatoms. The lowest BCUT2D eigenvalue weighted by Crippen LogP contribution is -2.42. The average Bonchev–Trinajstić information content (AvgIpc) is 2.47. The zero-order chi connectivity index (χ0) is 8.97. The lowest BCUT2D eigenvalue weighted by atomic mass is 10.2. The zero-order valence-electron chi connectivity index (χ0n) is 8.12. The largest absolute Gasteiger partial charge is 0.383 e. The van der Waals surface area contributed by atoms with Crippen LogP contribution < -0.4 is 5.73 Å². The van der Waals surface area contributed by atoms with Crippen molar-refractivity contribution >= 4 is 0 Å². The molecule has 0 spiro atoms. The summed E-state index contributed by atoms with van der Waals surface area (Å²) in [6, 6.07) is 0.431. The number of nitrogens with two attached hydrogens (primary N) is 1. The molecule has 2 N–H and O–H groups in total. The molecule has 1 saturated heterocycles. The molecule has 0 bridgehead atoms. The Balaban J connectivity index is 2.33. The Kier molecular flexibility index (Phi) is 3.98. The first-order chi connectivity index (χ1) is 5.77. The molecule has 12 heavy (non-hydrogen) atoms. The van der Waals surface area contributed by atoms with E-state index in [2.05, 4.69) is 11.8 Å². The molecular formula is C9H20N2O. The third-order valence-electron chi connectivity index (χ3n) is 2.60. The van der Waals surface area contributed by atoms with E-state index in [0.29, 0.717) is 12.6 Å². The van der Waals surface area contributed by atoms with Crippen LogP contribution >= 0.6 is 0 Å². The maximum atomic E-state index is 5.66. The zero-order valence-corrected chi connectivity index (χ0v) is 8.12. The lowest BCUT2D eigenvalue weighted by molar-refractivity contribution is 0.107. The van der Waals surface area contributed by atoms with Crippen LogP contribution in [0.1, 0.15) is 13.3 Å². The van der Waals surface area contributed by atoms with Crippen LogP contribution in [-0.4, -0.2) is 44.3 Å². The number of hydrogen-bond acceptors (Lipinski definition) is 3. The third kappa shape index (κ3) is 2.44. The standard InChI is InChI=1S/C9H20N2O/c1-8-3-4-11(6-8)9(5-10)7-12-2/h8-9H,3-7,10H2,1-2H3. The summed E-state index contributed by atoms with van der Waals surface area (Å²) in [5.74, 6) is 0.830. The van der Waals surface area contributed by atoms with Crippen molar-refractivity contribution in [3.8, 4) is 0 Å². The van der Waals surface area contributed by atoms with E-state index in [9.17, 15) is 0 Å². The summed E-state index contributed by atoms with van der Waals surface area (Å²) in [5, 5.41) is 0. The van der Waals surface area contributed by atoms with Gasteiger partial charge in [0.1, 0.15) is 0 Å². The van der Waals surface area contributed by atoms with Gasteiger partial charge >= 0.3 is 0 Å². The molecule has 0 amide bonds. The summed E-state index contributed by atoms with van der Waals surface area (Å²) in [7, 11) is 1.74. The molecule has 0 saturated carbocycles. The summed E-state index contributed by atoms with van der Waals surface area (Å²) in [6.07, 6.45) is 1.31. The third-order valence-corrected chi connectivity index (χ3v) is 2.60. The highest BCUT2D eigenvalue weighted by Crippen LogP contribution is 2.17. The Bertz CT molecular complexity index is 128. The van der Waals surface area contributed by atoms with Gasteiger partial charge in [0.2, 0.25) is 0 Å². The second-order valence-electron chi connectivity index (χ2n) is 3.73. The quantitative estimate of drug-likeness (QED) is 0.663. The molecule has 1 aliphatic heterocycles. The Labute approximate surface area is 74.9 Å². The van der Waals surface area contributed by atoms with Crippen LogP contribution in [0.5, 0.6) is 0 Å². The van der Waals surface area contributed by atoms with Crippen molar-refractivity contribution < 1.29 is 4.74 Å². The van der Waals surface area contributed by atoms with Gasteiger partial charge in [-0.25, -0.2) is 0 Å². The van der Waals surface area contributed by atoms with Crippen LogP contribution in [0.25, 0.3) is 0 Å². The van der Waals surface area contributed by atoms with E-state index in [1.165, 1.54) is 19.5 Å². The molecule has 0 radical (unpaired) electrons. The Morgan fingerprint density at radius 2 is 2.42 bits per heavy atom. The van der Waals surface area contributed by atoms with E-state index >= 15 is 0 Å². The smallest absolute Gasteiger partial charge is 0.0630 e. The molecule has 1 heterocycles. The predicted octanol–water partition coefficient (Wildman–Crippen LogP) is 0.302. The molecule has 0 aliphatic carbocycles. The van der Waals surface area contributed by atoms with Gasteiger partial charge in [0.05, 0.1) is 6.61 Å². The van der Waals surface area contributed by atoms with Crippen molar-refractivity contribution in [1.82, 2.24) is 4.90 Å². The van der Waals surface area contributed by atoms with Crippen LogP contribution in [-0.2, 0) is 4.74 Å². The molecule has 2 atom stereocenters. The first-order valence-electron chi connectivity index (χ1n) is 4.71. The first-order valence-corrected chi connectivity index (χ1v) is 4.71. The first kappa shape index (κ1) is 9.96. The van der Waals surface area contributed by atoms with Crippen LogP contribution in [0.15, 0.2) is 0 Å². The summed E-state index contributed by atoms with van der Waals surface area (Å²) in [5.41, 5.74) is 5.66. The molecule has 72 valence electrons. The number of likely N-dealkylation sites (tertiary alicyclic amines) is 1.